The standard InChI is InChI=1S/C24H27FN2O4S/c1-4-17(5-2)26-24(30)21-13-27(19-8-6-7-9-20(19)31-21)23(29)14-32-22-11-10-16(15(3)28)12-18(22)25/h6-12,17,21H,4-5,13-14H2,1-3H3,(H,26,30). The van der Waals surface area contributed by atoms with Crippen LogP contribution in [0.2, 0.25) is 0 Å². The Morgan fingerprint density at radius 3 is 2.56 bits per heavy atom. The van der Waals surface area contributed by atoms with Crippen LogP contribution in [0.4, 0.5) is 10.1 Å². The number of rotatable bonds is 8. The topological polar surface area (TPSA) is 75.7 Å². The van der Waals surface area contributed by atoms with E-state index in [-0.39, 0.29) is 46.4 Å². The normalized spacial score (nSPS) is 15.2. The summed E-state index contributed by atoms with van der Waals surface area (Å²) in [5, 5.41) is 2.97. The SMILES string of the molecule is CCC(CC)NC(=O)C1CN(C(=O)CSc2ccc(C(C)=O)cc2F)c2ccccc2O1. The highest BCUT2D eigenvalue weighted by molar-refractivity contribution is 8.00. The molecule has 0 bridgehead atoms. The summed E-state index contributed by atoms with van der Waals surface area (Å²) in [6, 6.07) is 11.3. The van der Waals surface area contributed by atoms with Crippen LogP contribution < -0.4 is 15.0 Å². The highest BCUT2D eigenvalue weighted by atomic mass is 32.2. The van der Waals surface area contributed by atoms with Gasteiger partial charge in [-0.2, -0.15) is 0 Å². The maximum Gasteiger partial charge on any atom is 0.263 e. The van der Waals surface area contributed by atoms with Gasteiger partial charge in [0.05, 0.1) is 18.0 Å². The van der Waals surface area contributed by atoms with E-state index in [4.69, 9.17) is 4.74 Å². The molecule has 1 N–H and O–H groups in total. The van der Waals surface area contributed by atoms with E-state index < -0.39 is 11.9 Å². The van der Waals surface area contributed by atoms with Crippen molar-refractivity contribution in [2.45, 2.75) is 50.7 Å². The molecule has 170 valence electrons. The summed E-state index contributed by atoms with van der Waals surface area (Å²) < 4.78 is 20.2. The third-order valence-electron chi connectivity index (χ3n) is 5.39. The van der Waals surface area contributed by atoms with Crippen LogP contribution in [0.3, 0.4) is 0 Å². The molecule has 0 saturated heterocycles. The average molecular weight is 459 g/mol. The summed E-state index contributed by atoms with van der Waals surface area (Å²) in [7, 11) is 0. The molecule has 1 aliphatic heterocycles. The molecule has 2 amide bonds. The summed E-state index contributed by atoms with van der Waals surface area (Å²) in [6.07, 6.45) is 0.781. The fourth-order valence-corrected chi connectivity index (χ4v) is 4.24. The van der Waals surface area contributed by atoms with E-state index >= 15 is 0 Å². The number of thioether (sulfide) groups is 1. The smallest absolute Gasteiger partial charge is 0.263 e. The Labute approximate surface area is 191 Å². The maximum atomic E-state index is 14.3. The Kier molecular flexibility index (Phi) is 7.90. The number of halogens is 1. The quantitative estimate of drug-likeness (QED) is 0.474. The van der Waals surface area contributed by atoms with Gasteiger partial charge in [-0.15, -0.1) is 11.8 Å². The van der Waals surface area contributed by atoms with Crippen LogP contribution in [0.5, 0.6) is 5.75 Å². The van der Waals surface area contributed by atoms with Gasteiger partial charge < -0.3 is 15.0 Å². The van der Waals surface area contributed by atoms with Crippen molar-refractivity contribution in [2.75, 3.05) is 17.2 Å². The van der Waals surface area contributed by atoms with Crippen LogP contribution in [0.25, 0.3) is 0 Å². The van der Waals surface area contributed by atoms with Crippen LogP contribution in [-0.2, 0) is 9.59 Å². The van der Waals surface area contributed by atoms with Gasteiger partial charge >= 0.3 is 0 Å². The lowest BCUT2D eigenvalue weighted by Crippen LogP contribution is -2.52. The molecule has 1 aliphatic rings. The lowest BCUT2D eigenvalue weighted by molar-refractivity contribution is -0.129. The van der Waals surface area contributed by atoms with Gasteiger partial charge in [0, 0.05) is 16.5 Å². The molecule has 2 aromatic rings. The number of nitrogens with one attached hydrogen (secondary N) is 1. The number of nitrogens with zero attached hydrogens (tertiary/aromatic N) is 1. The monoisotopic (exact) mass is 458 g/mol. The summed E-state index contributed by atoms with van der Waals surface area (Å²) in [5.41, 5.74) is 0.865. The number of ether oxygens (including phenoxy) is 1. The molecule has 32 heavy (non-hydrogen) atoms. The molecule has 8 heteroatoms. The molecule has 6 nitrogen and oxygen atoms in total. The van der Waals surface area contributed by atoms with Crippen molar-refractivity contribution >= 4 is 35.0 Å². The number of fused-ring (bicyclic) bond motifs is 1. The Morgan fingerprint density at radius 2 is 1.91 bits per heavy atom. The van der Waals surface area contributed by atoms with Crippen molar-refractivity contribution in [3.63, 3.8) is 0 Å². The first-order valence-electron chi connectivity index (χ1n) is 10.6. The predicted octanol–water partition coefficient (Wildman–Crippen LogP) is 4.22. The largest absolute Gasteiger partial charge is 0.477 e. The summed E-state index contributed by atoms with van der Waals surface area (Å²) in [5.74, 6) is -0.852. The summed E-state index contributed by atoms with van der Waals surface area (Å²) >= 11 is 1.05. The van der Waals surface area contributed by atoms with Gasteiger partial charge in [0.25, 0.3) is 5.91 Å². The molecule has 1 unspecified atom stereocenters. The van der Waals surface area contributed by atoms with Gasteiger partial charge in [-0.05, 0) is 44.0 Å². The molecular formula is C24H27FN2O4S. The zero-order valence-corrected chi connectivity index (χ0v) is 19.2. The van der Waals surface area contributed by atoms with Crippen molar-refractivity contribution in [2.24, 2.45) is 0 Å². The van der Waals surface area contributed by atoms with Crippen molar-refractivity contribution in [3.8, 4) is 5.75 Å². The van der Waals surface area contributed by atoms with Gasteiger partial charge in [-0.3, -0.25) is 14.4 Å². The lowest BCUT2D eigenvalue weighted by atomic mass is 10.1. The summed E-state index contributed by atoms with van der Waals surface area (Å²) in [6.45, 7) is 5.45. The van der Waals surface area contributed by atoms with Crippen LogP contribution in [-0.4, -0.2) is 42.0 Å². The van der Waals surface area contributed by atoms with Crippen molar-refractivity contribution in [1.29, 1.82) is 0 Å². The summed E-state index contributed by atoms with van der Waals surface area (Å²) in [4.78, 5) is 39.0. The average Bonchev–Trinajstić information content (AvgIpc) is 2.80. The third kappa shape index (κ3) is 5.48. The number of amides is 2. The molecule has 3 rings (SSSR count). The number of carbonyl (C=O) groups excluding carboxylic acids is 3. The molecular weight excluding hydrogens is 431 g/mol. The van der Waals surface area contributed by atoms with E-state index in [1.165, 1.54) is 24.0 Å². The van der Waals surface area contributed by atoms with Crippen LogP contribution >= 0.6 is 11.8 Å². The molecule has 0 aliphatic carbocycles. The van der Waals surface area contributed by atoms with E-state index in [9.17, 15) is 18.8 Å². The Hall–Kier alpha value is -2.87. The van der Waals surface area contributed by atoms with E-state index in [1.54, 1.807) is 30.3 Å². The highest BCUT2D eigenvalue weighted by Crippen LogP contribution is 2.34. The minimum Gasteiger partial charge on any atom is -0.477 e. The predicted molar refractivity (Wildman–Crippen MR) is 123 cm³/mol. The van der Waals surface area contributed by atoms with E-state index in [1.807, 2.05) is 13.8 Å². The Morgan fingerprint density at radius 1 is 1.19 bits per heavy atom. The third-order valence-corrected chi connectivity index (χ3v) is 6.42. The van der Waals surface area contributed by atoms with Crippen molar-refractivity contribution in [3.05, 3.63) is 53.8 Å². The zero-order chi connectivity index (χ0) is 23.3. The minimum absolute atomic E-state index is 0.0223. The van der Waals surface area contributed by atoms with E-state index in [0.29, 0.717) is 11.4 Å². The second-order valence-electron chi connectivity index (χ2n) is 7.59. The number of Topliss-reactive ketones (excluding diaryl/α,β-unsaturated/α-hetero) is 1. The minimum atomic E-state index is -0.828. The van der Waals surface area contributed by atoms with Crippen molar-refractivity contribution < 1.29 is 23.5 Å². The molecule has 2 aromatic carbocycles. The molecule has 1 heterocycles. The molecule has 0 spiro atoms. The maximum absolute atomic E-state index is 14.3. The number of ketones is 1. The molecule has 0 saturated carbocycles. The van der Waals surface area contributed by atoms with Gasteiger partial charge in [0.15, 0.2) is 11.9 Å². The molecule has 1 atom stereocenters. The number of hydrogen-bond acceptors (Lipinski definition) is 5. The second-order valence-corrected chi connectivity index (χ2v) is 8.61. The van der Waals surface area contributed by atoms with E-state index in [0.717, 1.165) is 24.6 Å². The molecule has 0 fully saturated rings. The fraction of sp³-hybridized carbons (Fsp3) is 0.375. The number of anilines is 1. The Bertz CT molecular complexity index is 1010. The van der Waals surface area contributed by atoms with Crippen molar-refractivity contribution in [1.82, 2.24) is 5.32 Å². The van der Waals surface area contributed by atoms with Gasteiger partial charge in [-0.25, -0.2) is 4.39 Å². The number of carbonyl (C=O) groups is 3. The lowest BCUT2D eigenvalue weighted by Gasteiger charge is -2.34. The van der Waals surface area contributed by atoms with Gasteiger partial charge in [0.1, 0.15) is 11.6 Å². The number of para-hydroxylation sites is 2. The highest BCUT2D eigenvalue weighted by Gasteiger charge is 2.34. The second kappa shape index (κ2) is 10.6. The first-order valence-corrected chi connectivity index (χ1v) is 11.6. The first-order chi connectivity index (χ1) is 15.3. The van der Waals surface area contributed by atoms with Crippen LogP contribution in [0, 0.1) is 5.82 Å². The van der Waals surface area contributed by atoms with Crippen LogP contribution in [0.15, 0.2) is 47.4 Å². The van der Waals surface area contributed by atoms with Crippen LogP contribution in [0.1, 0.15) is 44.0 Å². The van der Waals surface area contributed by atoms with E-state index in [2.05, 4.69) is 5.32 Å². The van der Waals surface area contributed by atoms with Gasteiger partial charge in [-0.1, -0.05) is 32.0 Å². The fourth-order valence-electron chi connectivity index (χ4n) is 3.45. The molecule has 0 radical (unpaired) electrons. The van der Waals surface area contributed by atoms with Gasteiger partial charge in [0.2, 0.25) is 5.91 Å². The zero-order valence-electron chi connectivity index (χ0n) is 18.4. The number of hydrogen-bond donors (Lipinski definition) is 1. The molecule has 0 aromatic heterocycles. The first kappa shape index (κ1) is 23.8. The Balaban J connectivity index is 1.74. The number of benzene rings is 2.